The molecule has 0 heterocycles. The van der Waals surface area contributed by atoms with Gasteiger partial charge >= 0.3 is 21.2 Å². The Bertz CT molecular complexity index is 310. The van der Waals surface area contributed by atoms with Gasteiger partial charge in [-0.3, -0.25) is 14.5 Å². The van der Waals surface area contributed by atoms with Crippen LogP contribution in [0.3, 0.4) is 0 Å². The number of aliphatic carboxylic acids is 2. The molecule has 2 N–H and O–H groups in total. The summed E-state index contributed by atoms with van der Waals surface area (Å²) in [5.41, 5.74) is -0.166. The smallest absolute Gasteiger partial charge is 0.338 e. The molecule has 8 heteroatoms. The lowest BCUT2D eigenvalue weighted by atomic mass is 10.1. The molecule has 2 unspecified atom stereocenters. The Hall–Kier alpha value is -0.963. The van der Waals surface area contributed by atoms with Gasteiger partial charge in [-0.05, 0) is 13.0 Å². The molecule has 0 aliphatic rings. The number of nitrogens with zero attached hydrogens (tertiary/aromatic N) is 1. The molecule has 0 fully saturated rings. The first-order chi connectivity index (χ1) is 9.42. The highest BCUT2D eigenvalue weighted by molar-refractivity contribution is 6.46. The van der Waals surface area contributed by atoms with Crippen molar-refractivity contribution in [2.75, 3.05) is 20.8 Å². The zero-order valence-corrected chi connectivity index (χ0v) is 13.7. The summed E-state index contributed by atoms with van der Waals surface area (Å²) < 4.78 is 10.7. The number of rotatable bonds is 11. The molecule has 20 heavy (non-hydrogen) atoms. The lowest BCUT2D eigenvalue weighted by Crippen LogP contribution is -2.55. The van der Waals surface area contributed by atoms with Crippen LogP contribution in [0.4, 0.5) is 0 Å². The standard InChI is InChI=1S/C12H25NO6Si/c1-5-7-10(20(18-3)19-4)13(6-2)9(12(16)17)8-11(14)15/h9-10,20H,5-8H2,1-4H3,(H,14,15)(H,16,17). The van der Waals surface area contributed by atoms with Gasteiger partial charge in [0.25, 0.3) is 0 Å². The summed E-state index contributed by atoms with van der Waals surface area (Å²) in [6.45, 7) is 4.24. The fraction of sp³-hybridized carbons (Fsp3) is 0.833. The minimum Gasteiger partial charge on any atom is -0.481 e. The van der Waals surface area contributed by atoms with E-state index in [1.54, 1.807) is 19.1 Å². The maximum atomic E-state index is 11.4. The van der Waals surface area contributed by atoms with E-state index in [9.17, 15) is 14.7 Å². The normalized spacial score (nSPS) is 14.5. The number of carboxylic acid groups (broad SMARTS) is 2. The van der Waals surface area contributed by atoms with Crippen LogP contribution >= 0.6 is 0 Å². The Balaban J connectivity index is 5.28. The van der Waals surface area contributed by atoms with Crippen molar-refractivity contribution in [2.45, 2.75) is 44.8 Å². The molecule has 0 amide bonds. The van der Waals surface area contributed by atoms with Crippen molar-refractivity contribution in [3.05, 3.63) is 0 Å². The number of carbonyl (C=O) groups is 2. The number of carboxylic acids is 2. The highest BCUT2D eigenvalue weighted by Gasteiger charge is 2.37. The van der Waals surface area contributed by atoms with Crippen LogP contribution in [-0.4, -0.2) is 68.8 Å². The van der Waals surface area contributed by atoms with Crippen LogP contribution in [0.2, 0.25) is 0 Å². The van der Waals surface area contributed by atoms with E-state index < -0.39 is 33.7 Å². The minimum atomic E-state index is -2.07. The lowest BCUT2D eigenvalue weighted by molar-refractivity contribution is -0.150. The van der Waals surface area contributed by atoms with Gasteiger partial charge in [-0.25, -0.2) is 0 Å². The summed E-state index contributed by atoms with van der Waals surface area (Å²) in [5.74, 6) is -2.26. The maximum absolute atomic E-state index is 11.4. The molecule has 0 aromatic rings. The lowest BCUT2D eigenvalue weighted by Gasteiger charge is -2.36. The molecule has 0 saturated heterocycles. The number of likely N-dealkylation sites (N-methyl/N-ethyl adjacent to an activating group) is 1. The van der Waals surface area contributed by atoms with Crippen LogP contribution in [0.15, 0.2) is 0 Å². The van der Waals surface area contributed by atoms with Crippen LogP contribution in [-0.2, 0) is 18.4 Å². The van der Waals surface area contributed by atoms with Crippen LogP contribution in [0, 0.1) is 0 Å². The Morgan fingerprint density at radius 3 is 2.05 bits per heavy atom. The van der Waals surface area contributed by atoms with Crippen molar-refractivity contribution in [1.29, 1.82) is 0 Å². The Morgan fingerprint density at radius 2 is 1.75 bits per heavy atom. The predicted molar refractivity (Wildman–Crippen MR) is 75.9 cm³/mol. The van der Waals surface area contributed by atoms with Gasteiger partial charge in [-0.1, -0.05) is 20.3 Å². The molecule has 2 atom stereocenters. The van der Waals surface area contributed by atoms with Crippen LogP contribution in [0.25, 0.3) is 0 Å². The zero-order chi connectivity index (χ0) is 15.7. The van der Waals surface area contributed by atoms with Crippen LogP contribution in [0.1, 0.15) is 33.1 Å². The van der Waals surface area contributed by atoms with Gasteiger partial charge in [0.1, 0.15) is 6.04 Å². The molecule has 0 rings (SSSR count). The van der Waals surface area contributed by atoms with E-state index in [-0.39, 0.29) is 5.67 Å². The van der Waals surface area contributed by atoms with Crippen molar-refractivity contribution in [3.63, 3.8) is 0 Å². The number of hydrogen-bond donors (Lipinski definition) is 2. The second-order valence-corrected chi connectivity index (χ2v) is 6.93. The number of hydrogen-bond acceptors (Lipinski definition) is 5. The molecule has 0 aliphatic heterocycles. The molecule has 7 nitrogen and oxygen atoms in total. The molecule has 0 spiro atoms. The highest BCUT2D eigenvalue weighted by atomic mass is 28.3. The molecular formula is C12H25NO6Si. The molecule has 0 bridgehead atoms. The fourth-order valence-electron chi connectivity index (χ4n) is 2.36. The fourth-order valence-corrected chi connectivity index (χ4v) is 4.52. The van der Waals surface area contributed by atoms with E-state index in [0.717, 1.165) is 12.8 Å². The summed E-state index contributed by atoms with van der Waals surface area (Å²) in [6.07, 6.45) is 1.13. The van der Waals surface area contributed by atoms with E-state index in [4.69, 9.17) is 14.0 Å². The first-order valence-electron chi connectivity index (χ1n) is 6.68. The third kappa shape index (κ3) is 5.57. The molecule has 0 saturated carbocycles. The van der Waals surface area contributed by atoms with Gasteiger partial charge < -0.3 is 19.1 Å². The molecular weight excluding hydrogens is 282 g/mol. The van der Waals surface area contributed by atoms with Crippen molar-refractivity contribution in [2.24, 2.45) is 0 Å². The maximum Gasteiger partial charge on any atom is 0.338 e. The molecule has 0 aromatic carbocycles. The molecule has 118 valence electrons. The summed E-state index contributed by atoms with van der Waals surface area (Å²) in [4.78, 5) is 23.9. The average Bonchev–Trinajstić information content (AvgIpc) is 2.39. The molecule has 0 radical (unpaired) electrons. The van der Waals surface area contributed by atoms with Gasteiger partial charge in [0.15, 0.2) is 0 Å². The van der Waals surface area contributed by atoms with Crippen LogP contribution in [0.5, 0.6) is 0 Å². The topological polar surface area (TPSA) is 96.3 Å². The average molecular weight is 307 g/mol. The van der Waals surface area contributed by atoms with Crippen molar-refractivity contribution < 1.29 is 28.7 Å². The molecule has 0 aliphatic carbocycles. The molecule has 0 aromatic heterocycles. The zero-order valence-electron chi connectivity index (χ0n) is 12.5. The van der Waals surface area contributed by atoms with Gasteiger partial charge in [-0.2, -0.15) is 0 Å². The van der Waals surface area contributed by atoms with E-state index in [1.807, 2.05) is 13.8 Å². The van der Waals surface area contributed by atoms with Gasteiger partial charge in [0.2, 0.25) is 0 Å². The quantitative estimate of drug-likeness (QED) is 0.535. The largest absolute Gasteiger partial charge is 0.481 e. The second kappa shape index (κ2) is 9.86. The minimum absolute atomic E-state index is 0.166. The van der Waals surface area contributed by atoms with Gasteiger partial charge in [0.05, 0.1) is 12.1 Å². The van der Waals surface area contributed by atoms with E-state index in [1.165, 1.54) is 0 Å². The van der Waals surface area contributed by atoms with Crippen molar-refractivity contribution >= 4 is 21.2 Å². The van der Waals surface area contributed by atoms with E-state index in [0.29, 0.717) is 6.54 Å². The van der Waals surface area contributed by atoms with Gasteiger partial charge in [-0.15, -0.1) is 0 Å². The van der Waals surface area contributed by atoms with E-state index in [2.05, 4.69) is 0 Å². The van der Waals surface area contributed by atoms with E-state index >= 15 is 0 Å². The third-order valence-corrected chi connectivity index (χ3v) is 5.48. The summed E-state index contributed by atoms with van der Waals surface area (Å²) in [6, 6.07) is -1.06. The highest BCUT2D eigenvalue weighted by Crippen LogP contribution is 2.17. The van der Waals surface area contributed by atoms with Crippen LogP contribution < -0.4 is 0 Å². The first kappa shape index (κ1) is 19.0. The predicted octanol–water partition coefficient (Wildman–Crippen LogP) is 0.457. The summed E-state index contributed by atoms with van der Waals surface area (Å²) >= 11 is 0. The first-order valence-corrected chi connectivity index (χ1v) is 8.29. The Kier molecular flexibility index (Phi) is 9.39. The summed E-state index contributed by atoms with van der Waals surface area (Å²) in [5, 5.41) is 18.2. The van der Waals surface area contributed by atoms with Crippen molar-refractivity contribution in [1.82, 2.24) is 4.90 Å². The monoisotopic (exact) mass is 307 g/mol. The SMILES string of the molecule is CCCC(N(CC)C(CC(=O)O)C(=O)O)[SiH](OC)OC. The second-order valence-electron chi connectivity index (χ2n) is 4.48. The Morgan fingerprint density at radius 1 is 1.20 bits per heavy atom. The van der Waals surface area contributed by atoms with Crippen molar-refractivity contribution in [3.8, 4) is 0 Å². The third-order valence-electron chi connectivity index (χ3n) is 3.21. The van der Waals surface area contributed by atoms with Gasteiger partial charge in [0, 0.05) is 14.2 Å². The summed E-state index contributed by atoms with van der Waals surface area (Å²) in [7, 11) is 1.02. The Labute approximate surface area is 121 Å².